The van der Waals surface area contributed by atoms with E-state index in [1.54, 1.807) is 20.8 Å². The first kappa shape index (κ1) is 20.1. The summed E-state index contributed by atoms with van der Waals surface area (Å²) in [5.74, 6) is 0.286. The smallest absolute Gasteiger partial charge is 0.264 e. The molecule has 0 spiro atoms. The number of anilines is 1. The zero-order chi connectivity index (χ0) is 20.6. The second-order valence-electron chi connectivity index (χ2n) is 6.56. The van der Waals surface area contributed by atoms with Crippen LogP contribution in [-0.4, -0.2) is 23.2 Å². The third kappa shape index (κ3) is 3.42. The maximum absolute atomic E-state index is 13.8. The van der Waals surface area contributed by atoms with Crippen LogP contribution < -0.4 is 4.72 Å². The van der Waals surface area contributed by atoms with Crippen LogP contribution in [0.25, 0.3) is 11.6 Å². The van der Waals surface area contributed by atoms with E-state index in [2.05, 4.69) is 14.9 Å². The fraction of sp³-hybridized carbons (Fsp3) is 0.368. The Labute approximate surface area is 163 Å². The van der Waals surface area contributed by atoms with E-state index in [0.717, 1.165) is 0 Å². The summed E-state index contributed by atoms with van der Waals surface area (Å²) in [4.78, 5) is 0.126. The van der Waals surface area contributed by atoms with Crippen molar-refractivity contribution in [2.75, 3.05) is 4.72 Å². The summed E-state index contributed by atoms with van der Waals surface area (Å²) in [6, 6.07) is 4.23. The SMILES string of the molecule is CCc1nnc(-c2c(C)c(S(=O)(=O)Nc3ccc(C)c(F)c3)c(C)n2CC)o1. The lowest BCUT2D eigenvalue weighted by atomic mass is 10.2. The predicted octanol–water partition coefficient (Wildman–Crippen LogP) is 3.99. The van der Waals surface area contributed by atoms with Gasteiger partial charge in [0.1, 0.15) is 16.4 Å². The molecule has 0 saturated heterocycles. The van der Waals surface area contributed by atoms with E-state index >= 15 is 0 Å². The van der Waals surface area contributed by atoms with Crippen LogP contribution >= 0.6 is 0 Å². The molecule has 2 aromatic heterocycles. The number of nitrogens with zero attached hydrogens (tertiary/aromatic N) is 3. The monoisotopic (exact) mass is 406 g/mol. The number of rotatable bonds is 6. The van der Waals surface area contributed by atoms with Crippen molar-refractivity contribution in [1.82, 2.24) is 14.8 Å². The van der Waals surface area contributed by atoms with E-state index in [4.69, 9.17) is 4.42 Å². The van der Waals surface area contributed by atoms with Gasteiger partial charge in [-0.2, -0.15) is 0 Å². The number of aromatic nitrogens is 3. The summed E-state index contributed by atoms with van der Waals surface area (Å²) < 4.78 is 50.0. The molecule has 0 aliphatic heterocycles. The Kier molecular flexibility index (Phi) is 5.29. The second-order valence-corrected chi connectivity index (χ2v) is 8.18. The Morgan fingerprint density at radius 3 is 2.46 bits per heavy atom. The Hall–Kier alpha value is -2.68. The van der Waals surface area contributed by atoms with E-state index in [1.165, 1.54) is 18.2 Å². The standard InChI is InChI=1S/C19H23FN4O3S/c1-6-16-21-22-19(27-16)17-12(4)18(13(5)24(17)7-2)28(25,26)23-14-9-8-11(3)15(20)10-14/h8-10,23H,6-7H2,1-5H3. The zero-order valence-electron chi connectivity index (χ0n) is 16.5. The van der Waals surface area contributed by atoms with E-state index in [9.17, 15) is 12.8 Å². The van der Waals surface area contributed by atoms with Crippen molar-refractivity contribution < 1.29 is 17.2 Å². The summed E-state index contributed by atoms with van der Waals surface area (Å²) >= 11 is 0. The van der Waals surface area contributed by atoms with Crippen LogP contribution in [0.5, 0.6) is 0 Å². The normalized spacial score (nSPS) is 11.8. The molecular weight excluding hydrogens is 383 g/mol. The van der Waals surface area contributed by atoms with Crippen molar-refractivity contribution in [3.8, 4) is 11.6 Å². The van der Waals surface area contributed by atoms with Gasteiger partial charge in [-0.3, -0.25) is 4.72 Å². The van der Waals surface area contributed by atoms with Crippen LogP contribution in [-0.2, 0) is 23.0 Å². The van der Waals surface area contributed by atoms with Crippen molar-refractivity contribution in [3.63, 3.8) is 0 Å². The minimum Gasteiger partial charge on any atom is -0.419 e. The molecule has 0 radical (unpaired) electrons. The molecule has 1 aromatic carbocycles. The summed E-state index contributed by atoms with van der Waals surface area (Å²) in [7, 11) is -3.95. The van der Waals surface area contributed by atoms with E-state index in [0.29, 0.717) is 41.4 Å². The van der Waals surface area contributed by atoms with Gasteiger partial charge in [-0.15, -0.1) is 10.2 Å². The molecular formula is C19H23FN4O3S. The predicted molar refractivity (Wildman–Crippen MR) is 104 cm³/mol. The summed E-state index contributed by atoms with van der Waals surface area (Å²) in [5, 5.41) is 8.04. The van der Waals surface area contributed by atoms with Gasteiger partial charge >= 0.3 is 0 Å². The highest BCUT2D eigenvalue weighted by Gasteiger charge is 2.29. The van der Waals surface area contributed by atoms with Crippen molar-refractivity contribution in [2.45, 2.75) is 52.5 Å². The van der Waals surface area contributed by atoms with Gasteiger partial charge in [-0.05, 0) is 45.4 Å². The molecule has 0 saturated carbocycles. The molecule has 0 atom stereocenters. The molecule has 3 aromatic rings. The van der Waals surface area contributed by atoms with Gasteiger partial charge in [0, 0.05) is 24.2 Å². The van der Waals surface area contributed by atoms with Crippen LogP contribution in [0, 0.1) is 26.6 Å². The fourth-order valence-electron chi connectivity index (χ4n) is 3.29. The van der Waals surface area contributed by atoms with E-state index in [-0.39, 0.29) is 16.5 Å². The number of aryl methyl sites for hydroxylation is 2. The van der Waals surface area contributed by atoms with Gasteiger partial charge in [-0.25, -0.2) is 12.8 Å². The topological polar surface area (TPSA) is 90.0 Å². The average Bonchev–Trinajstić information content (AvgIpc) is 3.19. The first-order chi connectivity index (χ1) is 13.2. The minimum absolute atomic E-state index is 0.126. The van der Waals surface area contributed by atoms with Crippen LogP contribution in [0.3, 0.4) is 0 Å². The highest BCUT2D eigenvalue weighted by atomic mass is 32.2. The van der Waals surface area contributed by atoms with Gasteiger partial charge in [0.05, 0.1) is 5.69 Å². The third-order valence-corrected chi connectivity index (χ3v) is 6.32. The van der Waals surface area contributed by atoms with Crippen molar-refractivity contribution >= 4 is 15.7 Å². The van der Waals surface area contributed by atoms with Crippen LogP contribution in [0.2, 0.25) is 0 Å². The fourth-order valence-corrected chi connectivity index (χ4v) is 4.83. The zero-order valence-corrected chi connectivity index (χ0v) is 17.3. The molecule has 3 rings (SSSR count). The van der Waals surface area contributed by atoms with Crippen molar-refractivity contribution in [2.24, 2.45) is 0 Å². The maximum atomic E-state index is 13.8. The number of hydrogen-bond donors (Lipinski definition) is 1. The third-order valence-electron chi connectivity index (χ3n) is 4.68. The number of hydrogen-bond acceptors (Lipinski definition) is 5. The Morgan fingerprint density at radius 1 is 1.18 bits per heavy atom. The van der Waals surface area contributed by atoms with Crippen LogP contribution in [0.15, 0.2) is 27.5 Å². The van der Waals surface area contributed by atoms with Gasteiger partial charge in [-0.1, -0.05) is 13.0 Å². The first-order valence-electron chi connectivity index (χ1n) is 9.01. The van der Waals surface area contributed by atoms with Gasteiger partial charge in [0.2, 0.25) is 5.89 Å². The Morgan fingerprint density at radius 2 is 1.89 bits per heavy atom. The summed E-state index contributed by atoms with van der Waals surface area (Å²) in [5.41, 5.74) is 2.23. The van der Waals surface area contributed by atoms with Gasteiger partial charge in [0.15, 0.2) is 0 Å². The van der Waals surface area contributed by atoms with E-state index in [1.807, 2.05) is 18.4 Å². The number of nitrogens with one attached hydrogen (secondary N) is 1. The molecule has 0 fully saturated rings. The number of benzene rings is 1. The molecule has 28 heavy (non-hydrogen) atoms. The quantitative estimate of drug-likeness (QED) is 0.669. The molecule has 0 aliphatic carbocycles. The minimum atomic E-state index is -3.95. The van der Waals surface area contributed by atoms with Crippen molar-refractivity contribution in [3.05, 3.63) is 46.7 Å². The molecule has 1 N–H and O–H groups in total. The highest BCUT2D eigenvalue weighted by Crippen LogP contribution is 2.34. The molecule has 9 heteroatoms. The average molecular weight is 406 g/mol. The van der Waals surface area contributed by atoms with Gasteiger partial charge in [0.25, 0.3) is 15.9 Å². The second kappa shape index (κ2) is 7.38. The number of halogens is 1. The Balaban J connectivity index is 2.11. The first-order valence-corrected chi connectivity index (χ1v) is 10.5. The molecule has 7 nitrogen and oxygen atoms in total. The van der Waals surface area contributed by atoms with E-state index < -0.39 is 15.8 Å². The lowest BCUT2D eigenvalue weighted by molar-refractivity contribution is 0.507. The van der Waals surface area contributed by atoms with Crippen LogP contribution in [0.1, 0.15) is 36.6 Å². The lowest BCUT2D eigenvalue weighted by Crippen LogP contribution is -2.15. The lowest BCUT2D eigenvalue weighted by Gasteiger charge is -2.10. The summed E-state index contributed by atoms with van der Waals surface area (Å²) in [6.07, 6.45) is 0.587. The molecule has 2 heterocycles. The van der Waals surface area contributed by atoms with Gasteiger partial charge < -0.3 is 8.98 Å². The molecule has 0 bridgehead atoms. The van der Waals surface area contributed by atoms with Crippen LogP contribution in [0.4, 0.5) is 10.1 Å². The molecule has 0 unspecified atom stereocenters. The molecule has 150 valence electrons. The maximum Gasteiger partial charge on any atom is 0.264 e. The highest BCUT2D eigenvalue weighted by molar-refractivity contribution is 7.92. The molecule has 0 aliphatic rings. The largest absolute Gasteiger partial charge is 0.419 e. The number of sulfonamides is 1. The van der Waals surface area contributed by atoms with Crippen molar-refractivity contribution in [1.29, 1.82) is 0 Å². The summed E-state index contributed by atoms with van der Waals surface area (Å²) in [6.45, 7) is 9.38. The Bertz CT molecular complexity index is 1130. The molecule has 0 amide bonds.